The van der Waals surface area contributed by atoms with Crippen LogP contribution in [0.1, 0.15) is 13.8 Å². The Morgan fingerprint density at radius 1 is 1.78 bits per heavy atom. The summed E-state index contributed by atoms with van der Waals surface area (Å²) in [6, 6.07) is 0. The molecule has 0 radical (unpaired) electrons. The van der Waals surface area contributed by atoms with Gasteiger partial charge in [-0.3, -0.25) is 0 Å². The number of hydrogen-bond acceptors (Lipinski definition) is 3. The van der Waals surface area contributed by atoms with E-state index in [-0.39, 0.29) is 0 Å². The molecule has 2 nitrogen and oxygen atoms in total. The first-order valence-electron chi connectivity index (χ1n) is 2.96. The highest BCUT2D eigenvalue weighted by Crippen LogP contribution is 2.08. The summed E-state index contributed by atoms with van der Waals surface area (Å²) in [7, 11) is 0. The average Bonchev–Trinajstić information content (AvgIpc) is 1.85. The number of nitrogens with zero attached hydrogens (tertiary/aromatic N) is 1. The molecule has 0 aromatic carbocycles. The third-order valence-electron chi connectivity index (χ3n) is 0.864. The Kier molecular flexibility index (Phi) is 5.68. The van der Waals surface area contributed by atoms with E-state index < -0.39 is 0 Å². The molecule has 1 atom stereocenters. The van der Waals surface area contributed by atoms with Crippen LogP contribution in [0.15, 0.2) is 4.99 Å². The van der Waals surface area contributed by atoms with Gasteiger partial charge in [0.05, 0.1) is 6.54 Å². The predicted octanol–water partition coefficient (Wildman–Crippen LogP) is 1.46. The second kappa shape index (κ2) is 5.86. The number of thioether (sulfide) groups is 1. The molecule has 0 saturated carbocycles. The number of isocyanates is 1. The van der Waals surface area contributed by atoms with Gasteiger partial charge in [0.1, 0.15) is 0 Å². The second-order valence-electron chi connectivity index (χ2n) is 1.70. The largest absolute Gasteiger partial charge is 0.234 e. The van der Waals surface area contributed by atoms with Crippen LogP contribution in [-0.4, -0.2) is 23.6 Å². The molecule has 0 amide bonds. The summed E-state index contributed by atoms with van der Waals surface area (Å²) in [6.45, 7) is 4.74. The Bertz CT molecular complexity index is 110. The van der Waals surface area contributed by atoms with Crippen LogP contribution in [0, 0.1) is 0 Å². The highest BCUT2D eigenvalue weighted by atomic mass is 32.2. The summed E-state index contributed by atoms with van der Waals surface area (Å²) in [5, 5.41) is 0.455. The Morgan fingerprint density at radius 2 is 2.44 bits per heavy atom. The van der Waals surface area contributed by atoms with Gasteiger partial charge < -0.3 is 0 Å². The predicted molar refractivity (Wildman–Crippen MR) is 40.6 cm³/mol. The minimum Gasteiger partial charge on any atom is -0.211 e. The van der Waals surface area contributed by atoms with E-state index in [0.717, 1.165) is 5.75 Å². The van der Waals surface area contributed by atoms with Crippen LogP contribution in [-0.2, 0) is 4.79 Å². The molecule has 0 saturated heterocycles. The maximum atomic E-state index is 9.61. The fraction of sp³-hybridized carbons (Fsp3) is 0.833. The lowest BCUT2D eigenvalue weighted by atomic mass is 10.5. The minimum atomic E-state index is 0.455. The highest BCUT2D eigenvalue weighted by Gasteiger charge is 1.96. The molecular weight excluding hydrogens is 134 g/mol. The van der Waals surface area contributed by atoms with Crippen molar-refractivity contribution in [3.8, 4) is 0 Å². The van der Waals surface area contributed by atoms with Crippen molar-refractivity contribution in [1.29, 1.82) is 0 Å². The van der Waals surface area contributed by atoms with Crippen LogP contribution in [0.3, 0.4) is 0 Å². The van der Waals surface area contributed by atoms with Crippen molar-refractivity contribution < 1.29 is 4.79 Å². The van der Waals surface area contributed by atoms with Crippen molar-refractivity contribution in [2.45, 2.75) is 19.1 Å². The van der Waals surface area contributed by atoms with Gasteiger partial charge in [0.25, 0.3) is 0 Å². The summed E-state index contributed by atoms with van der Waals surface area (Å²) in [4.78, 5) is 13.1. The van der Waals surface area contributed by atoms with Crippen molar-refractivity contribution in [2.24, 2.45) is 4.99 Å². The fourth-order valence-corrected chi connectivity index (χ4v) is 1.25. The van der Waals surface area contributed by atoms with E-state index in [9.17, 15) is 4.79 Å². The molecule has 0 spiro atoms. The zero-order valence-corrected chi connectivity index (χ0v) is 6.57. The van der Waals surface area contributed by atoms with Crippen LogP contribution in [0.2, 0.25) is 0 Å². The van der Waals surface area contributed by atoms with Crippen molar-refractivity contribution >= 4 is 17.8 Å². The minimum absolute atomic E-state index is 0.455. The van der Waals surface area contributed by atoms with Gasteiger partial charge in [-0.1, -0.05) is 13.8 Å². The highest BCUT2D eigenvalue weighted by molar-refractivity contribution is 7.99. The molecule has 0 aromatic heterocycles. The first-order valence-corrected chi connectivity index (χ1v) is 4.01. The van der Waals surface area contributed by atoms with Crippen LogP contribution in [0.4, 0.5) is 0 Å². The number of rotatable bonds is 4. The van der Waals surface area contributed by atoms with E-state index in [2.05, 4.69) is 18.8 Å². The van der Waals surface area contributed by atoms with E-state index in [4.69, 9.17) is 0 Å². The molecule has 0 rings (SSSR count). The molecule has 9 heavy (non-hydrogen) atoms. The molecule has 0 fully saturated rings. The van der Waals surface area contributed by atoms with Crippen LogP contribution in [0.25, 0.3) is 0 Å². The van der Waals surface area contributed by atoms with E-state index in [1.54, 1.807) is 11.8 Å². The number of carbonyl (C=O) groups excluding carboxylic acids is 1. The Morgan fingerprint density at radius 3 is 2.89 bits per heavy atom. The molecule has 0 heterocycles. The van der Waals surface area contributed by atoms with Gasteiger partial charge in [-0.25, -0.2) is 9.79 Å². The molecule has 0 aromatic rings. The zero-order valence-electron chi connectivity index (χ0n) is 5.76. The Balaban J connectivity index is 3.25. The molecule has 0 bridgehead atoms. The summed E-state index contributed by atoms with van der Waals surface area (Å²) in [5.41, 5.74) is 0. The van der Waals surface area contributed by atoms with Crippen LogP contribution < -0.4 is 0 Å². The zero-order chi connectivity index (χ0) is 7.11. The van der Waals surface area contributed by atoms with E-state index in [0.29, 0.717) is 11.8 Å². The van der Waals surface area contributed by atoms with Crippen LogP contribution >= 0.6 is 11.8 Å². The lowest BCUT2D eigenvalue weighted by Crippen LogP contribution is -2.00. The van der Waals surface area contributed by atoms with Gasteiger partial charge in [-0.2, -0.15) is 11.8 Å². The molecule has 0 aliphatic carbocycles. The second-order valence-corrected chi connectivity index (χ2v) is 3.41. The van der Waals surface area contributed by atoms with Gasteiger partial charge >= 0.3 is 0 Å². The molecule has 52 valence electrons. The SMILES string of the molecule is CCSC(C)CN=C=O. The molecular formula is C6H11NOS. The first-order chi connectivity index (χ1) is 4.31. The smallest absolute Gasteiger partial charge is 0.211 e. The monoisotopic (exact) mass is 145 g/mol. The topological polar surface area (TPSA) is 29.4 Å². The molecule has 0 N–H and O–H groups in total. The Labute approximate surface area is 59.7 Å². The van der Waals surface area contributed by atoms with Gasteiger partial charge in [-0.05, 0) is 5.75 Å². The number of aliphatic imine (C=N–C) groups is 1. The fourth-order valence-electron chi connectivity index (χ4n) is 0.503. The normalized spacial score (nSPS) is 12.2. The Hall–Kier alpha value is -0.270. The van der Waals surface area contributed by atoms with Gasteiger partial charge in [0, 0.05) is 5.25 Å². The molecule has 0 aliphatic heterocycles. The van der Waals surface area contributed by atoms with Crippen molar-refractivity contribution in [1.82, 2.24) is 0 Å². The summed E-state index contributed by atoms with van der Waals surface area (Å²) >= 11 is 1.80. The van der Waals surface area contributed by atoms with E-state index >= 15 is 0 Å². The molecule has 3 heteroatoms. The lowest BCUT2D eigenvalue weighted by molar-refractivity contribution is 0.563. The molecule has 1 unspecified atom stereocenters. The summed E-state index contributed by atoms with van der Waals surface area (Å²) in [6.07, 6.45) is 1.52. The summed E-state index contributed by atoms with van der Waals surface area (Å²) in [5.74, 6) is 1.08. The quantitative estimate of drug-likeness (QED) is 0.443. The molecule has 0 aliphatic rings. The summed E-state index contributed by atoms with van der Waals surface area (Å²) < 4.78 is 0. The maximum Gasteiger partial charge on any atom is 0.234 e. The average molecular weight is 145 g/mol. The van der Waals surface area contributed by atoms with E-state index in [1.807, 2.05) is 0 Å². The standard InChI is InChI=1S/C6H11NOS/c1-3-9-6(2)4-7-5-8/h6H,3-4H2,1-2H3. The van der Waals surface area contributed by atoms with Gasteiger partial charge in [0.15, 0.2) is 0 Å². The first kappa shape index (κ1) is 8.73. The van der Waals surface area contributed by atoms with E-state index in [1.165, 1.54) is 6.08 Å². The lowest BCUT2D eigenvalue weighted by Gasteiger charge is -2.02. The van der Waals surface area contributed by atoms with Gasteiger partial charge in [-0.15, -0.1) is 0 Å². The van der Waals surface area contributed by atoms with Gasteiger partial charge in [0.2, 0.25) is 6.08 Å². The maximum absolute atomic E-state index is 9.61. The van der Waals surface area contributed by atoms with Crippen LogP contribution in [0.5, 0.6) is 0 Å². The number of hydrogen-bond donors (Lipinski definition) is 0. The third-order valence-corrected chi connectivity index (χ3v) is 1.92. The van der Waals surface area contributed by atoms with Crippen molar-refractivity contribution in [3.63, 3.8) is 0 Å². The third kappa shape index (κ3) is 5.60. The van der Waals surface area contributed by atoms with Crippen molar-refractivity contribution in [3.05, 3.63) is 0 Å². The van der Waals surface area contributed by atoms with Crippen molar-refractivity contribution in [2.75, 3.05) is 12.3 Å².